The van der Waals surface area contributed by atoms with Crippen LogP contribution in [0.3, 0.4) is 0 Å². The highest BCUT2D eigenvalue weighted by atomic mass is 16.3. The number of likely N-dealkylation sites (N-methyl/N-ethyl adjacent to an activating group) is 1. The summed E-state index contributed by atoms with van der Waals surface area (Å²) in [7, 11) is 1.81. The Balaban J connectivity index is 3.24. The van der Waals surface area contributed by atoms with E-state index in [1.165, 1.54) is 0 Å². The minimum absolute atomic E-state index is 0.135. The Kier molecular flexibility index (Phi) is 4.17. The molecule has 1 unspecified atom stereocenters. The number of aryl methyl sites for hydroxylation is 1. The van der Waals surface area contributed by atoms with Gasteiger partial charge in [-0.05, 0) is 48.2 Å². The molecule has 1 rings (SSSR count). The molecule has 17 heavy (non-hydrogen) atoms. The lowest BCUT2D eigenvalue weighted by atomic mass is 9.83. The summed E-state index contributed by atoms with van der Waals surface area (Å²) in [6.45, 7) is 8.52. The average molecular weight is 237 g/mol. The van der Waals surface area contributed by atoms with Crippen molar-refractivity contribution in [2.45, 2.75) is 39.2 Å². The topological polar surface area (TPSA) is 52.5 Å². The van der Waals surface area contributed by atoms with Gasteiger partial charge >= 0.3 is 0 Å². The summed E-state index contributed by atoms with van der Waals surface area (Å²) in [4.78, 5) is 0. The van der Waals surface area contributed by atoms with Gasteiger partial charge in [-0.15, -0.1) is 0 Å². The van der Waals surface area contributed by atoms with Crippen LogP contribution in [-0.2, 0) is 5.41 Å². The second-order valence-electron chi connectivity index (χ2n) is 5.56. The van der Waals surface area contributed by atoms with Crippen molar-refractivity contribution < 1.29 is 10.2 Å². The number of phenolic OH excluding ortho intramolecular Hbond substituents is 1. The van der Waals surface area contributed by atoms with Crippen molar-refractivity contribution in [3.05, 3.63) is 28.8 Å². The Hall–Kier alpha value is -1.06. The van der Waals surface area contributed by atoms with E-state index >= 15 is 0 Å². The highest BCUT2D eigenvalue weighted by Crippen LogP contribution is 2.35. The summed E-state index contributed by atoms with van der Waals surface area (Å²) >= 11 is 0. The zero-order valence-corrected chi connectivity index (χ0v) is 11.3. The summed E-state index contributed by atoms with van der Waals surface area (Å²) in [6, 6.07) is 3.73. The van der Waals surface area contributed by atoms with Gasteiger partial charge in [-0.3, -0.25) is 0 Å². The number of hydrogen-bond donors (Lipinski definition) is 3. The summed E-state index contributed by atoms with van der Waals surface area (Å²) in [5.74, 6) is 0.331. The first kappa shape index (κ1) is 14.0. The molecule has 0 saturated carbocycles. The smallest absolute Gasteiger partial charge is 0.122 e. The van der Waals surface area contributed by atoms with Gasteiger partial charge in [-0.2, -0.15) is 0 Å². The first-order valence-electron chi connectivity index (χ1n) is 5.94. The van der Waals surface area contributed by atoms with E-state index in [0.29, 0.717) is 12.3 Å². The average Bonchev–Trinajstić information content (AvgIpc) is 2.20. The van der Waals surface area contributed by atoms with E-state index in [-0.39, 0.29) is 5.41 Å². The lowest BCUT2D eigenvalue weighted by Gasteiger charge is -2.23. The van der Waals surface area contributed by atoms with Gasteiger partial charge < -0.3 is 15.5 Å². The van der Waals surface area contributed by atoms with Crippen molar-refractivity contribution in [2.75, 3.05) is 13.6 Å². The third-order valence-electron chi connectivity index (χ3n) is 2.91. The van der Waals surface area contributed by atoms with Crippen molar-refractivity contribution in [1.29, 1.82) is 0 Å². The van der Waals surface area contributed by atoms with E-state index in [4.69, 9.17) is 0 Å². The van der Waals surface area contributed by atoms with Crippen LogP contribution < -0.4 is 5.32 Å². The van der Waals surface area contributed by atoms with Gasteiger partial charge in [0.05, 0.1) is 6.10 Å². The molecule has 0 aliphatic carbocycles. The predicted molar refractivity (Wildman–Crippen MR) is 70.4 cm³/mol. The monoisotopic (exact) mass is 237 g/mol. The molecule has 3 nitrogen and oxygen atoms in total. The van der Waals surface area contributed by atoms with Crippen molar-refractivity contribution in [2.24, 2.45) is 0 Å². The molecule has 3 N–H and O–H groups in total. The number of aliphatic hydroxyl groups is 1. The molecule has 1 atom stereocenters. The Labute approximate surface area is 103 Å². The molecule has 96 valence electrons. The maximum atomic E-state index is 10.1. The second-order valence-corrected chi connectivity index (χ2v) is 5.56. The molecule has 0 spiro atoms. The molecule has 0 radical (unpaired) electrons. The number of hydrogen-bond acceptors (Lipinski definition) is 3. The molecule has 0 amide bonds. The largest absolute Gasteiger partial charge is 0.507 e. The van der Waals surface area contributed by atoms with Crippen LogP contribution >= 0.6 is 0 Å². The molecular weight excluding hydrogens is 214 g/mol. The molecule has 0 aliphatic heterocycles. The number of rotatable bonds is 3. The third kappa shape index (κ3) is 3.20. The predicted octanol–water partition coefficient (Wildman–Crippen LogP) is 2.25. The van der Waals surface area contributed by atoms with Crippen LogP contribution in [0.4, 0.5) is 0 Å². The SMILES string of the molecule is CNCC(O)c1cc(C)c(O)c(C(C)(C)C)c1. The summed E-state index contributed by atoms with van der Waals surface area (Å²) < 4.78 is 0. The highest BCUT2D eigenvalue weighted by molar-refractivity contribution is 5.47. The normalized spacial score (nSPS) is 13.8. The lowest BCUT2D eigenvalue weighted by Crippen LogP contribution is -2.18. The summed E-state index contributed by atoms with van der Waals surface area (Å²) in [6.07, 6.45) is -0.541. The first-order chi connectivity index (χ1) is 7.77. The van der Waals surface area contributed by atoms with Gasteiger partial charge in [0, 0.05) is 6.54 Å². The quantitative estimate of drug-likeness (QED) is 0.755. The van der Waals surface area contributed by atoms with Gasteiger partial charge in [0.2, 0.25) is 0 Å². The Morgan fingerprint density at radius 3 is 2.35 bits per heavy atom. The van der Waals surface area contributed by atoms with Crippen LogP contribution in [-0.4, -0.2) is 23.8 Å². The molecule has 1 aromatic rings. The number of phenols is 1. The van der Waals surface area contributed by atoms with E-state index in [9.17, 15) is 10.2 Å². The Bertz CT molecular complexity index is 394. The van der Waals surface area contributed by atoms with Crippen LogP contribution in [0.5, 0.6) is 5.75 Å². The standard InChI is InChI=1S/C14H23NO2/c1-9-6-10(12(16)8-15-5)7-11(13(9)17)14(2,3)4/h6-7,12,15-17H,8H2,1-5H3. The molecule has 0 aromatic heterocycles. The Morgan fingerprint density at radius 1 is 1.29 bits per heavy atom. The van der Waals surface area contributed by atoms with Crippen molar-refractivity contribution in [3.63, 3.8) is 0 Å². The van der Waals surface area contributed by atoms with Gasteiger partial charge in [-0.25, -0.2) is 0 Å². The molecule has 0 saturated heterocycles. The molecule has 0 heterocycles. The Morgan fingerprint density at radius 2 is 1.88 bits per heavy atom. The zero-order valence-electron chi connectivity index (χ0n) is 11.3. The first-order valence-corrected chi connectivity index (χ1v) is 5.94. The van der Waals surface area contributed by atoms with Crippen LogP contribution in [0, 0.1) is 6.92 Å². The van der Waals surface area contributed by atoms with E-state index in [2.05, 4.69) is 26.1 Å². The van der Waals surface area contributed by atoms with Gasteiger partial charge in [0.15, 0.2) is 0 Å². The van der Waals surface area contributed by atoms with Crippen LogP contribution in [0.15, 0.2) is 12.1 Å². The van der Waals surface area contributed by atoms with Crippen LogP contribution in [0.25, 0.3) is 0 Å². The molecule has 3 heteroatoms. The molecule has 0 aliphatic rings. The van der Waals surface area contributed by atoms with E-state index < -0.39 is 6.10 Å². The fourth-order valence-corrected chi connectivity index (χ4v) is 1.88. The molecule has 0 bridgehead atoms. The fraction of sp³-hybridized carbons (Fsp3) is 0.571. The minimum Gasteiger partial charge on any atom is -0.507 e. The second kappa shape index (κ2) is 5.07. The van der Waals surface area contributed by atoms with Crippen molar-refractivity contribution in [3.8, 4) is 5.75 Å². The number of aromatic hydroxyl groups is 1. The summed E-state index contributed by atoms with van der Waals surface area (Å²) in [5.41, 5.74) is 2.40. The third-order valence-corrected chi connectivity index (χ3v) is 2.91. The fourth-order valence-electron chi connectivity index (χ4n) is 1.88. The highest BCUT2D eigenvalue weighted by Gasteiger charge is 2.21. The molecular formula is C14H23NO2. The lowest BCUT2D eigenvalue weighted by molar-refractivity contribution is 0.177. The van der Waals surface area contributed by atoms with Crippen LogP contribution in [0.1, 0.15) is 43.6 Å². The zero-order chi connectivity index (χ0) is 13.2. The maximum absolute atomic E-state index is 10.1. The molecule has 0 fully saturated rings. The molecule has 1 aromatic carbocycles. The van der Waals surface area contributed by atoms with Crippen molar-refractivity contribution in [1.82, 2.24) is 5.32 Å². The van der Waals surface area contributed by atoms with Gasteiger partial charge in [0.1, 0.15) is 5.75 Å². The van der Waals surface area contributed by atoms with Crippen LogP contribution in [0.2, 0.25) is 0 Å². The van der Waals surface area contributed by atoms with Gasteiger partial charge in [-0.1, -0.05) is 20.8 Å². The van der Waals surface area contributed by atoms with Crippen molar-refractivity contribution >= 4 is 0 Å². The van der Waals surface area contributed by atoms with E-state index in [1.54, 1.807) is 7.05 Å². The maximum Gasteiger partial charge on any atom is 0.122 e. The minimum atomic E-state index is -0.541. The van der Waals surface area contributed by atoms with E-state index in [1.807, 2.05) is 19.1 Å². The summed E-state index contributed by atoms with van der Waals surface area (Å²) in [5, 5.41) is 23.0. The number of benzene rings is 1. The number of aliphatic hydroxyl groups excluding tert-OH is 1. The van der Waals surface area contributed by atoms with Gasteiger partial charge in [0.25, 0.3) is 0 Å². The number of nitrogens with one attached hydrogen (secondary N) is 1. The van der Waals surface area contributed by atoms with E-state index in [0.717, 1.165) is 16.7 Å².